The maximum Gasteiger partial charge on any atom is 0.417 e. The molecule has 1 heterocycles. The Balaban J connectivity index is 1.35. The van der Waals surface area contributed by atoms with Crippen LogP contribution in [0.2, 0.25) is 0 Å². The second-order valence-electron chi connectivity index (χ2n) is 8.12. The zero-order valence-corrected chi connectivity index (χ0v) is 19.9. The second kappa shape index (κ2) is 9.55. The molecular formula is C27H19F3N4O2S. The highest BCUT2D eigenvalue weighted by molar-refractivity contribution is 7.92. The van der Waals surface area contributed by atoms with Gasteiger partial charge < -0.3 is 5.32 Å². The number of fused-ring (bicyclic) bond motifs is 1. The fraction of sp³-hybridized carbons (Fsp3) is 0.0370. The van der Waals surface area contributed by atoms with Crippen LogP contribution in [-0.4, -0.2) is 18.4 Å². The fourth-order valence-electron chi connectivity index (χ4n) is 3.94. The highest BCUT2D eigenvalue weighted by atomic mass is 32.2. The second-order valence-corrected chi connectivity index (χ2v) is 9.77. The highest BCUT2D eigenvalue weighted by Gasteiger charge is 2.36. The monoisotopic (exact) mass is 520 g/mol. The van der Waals surface area contributed by atoms with Gasteiger partial charge in [0.15, 0.2) is 0 Å². The molecule has 0 aliphatic carbocycles. The number of alkyl halides is 3. The molecule has 0 unspecified atom stereocenters. The molecule has 0 amide bonds. The third-order valence-corrected chi connectivity index (χ3v) is 7.06. The topological polar surface area (TPSA) is 84.0 Å². The maximum absolute atomic E-state index is 13.3. The highest BCUT2D eigenvalue weighted by Crippen LogP contribution is 2.35. The van der Waals surface area contributed by atoms with Crippen LogP contribution in [0.1, 0.15) is 5.56 Å². The van der Waals surface area contributed by atoms with Crippen LogP contribution < -0.4 is 10.0 Å². The lowest BCUT2D eigenvalue weighted by atomic mass is 10.0. The average Bonchev–Trinajstić information content (AvgIpc) is 2.89. The van der Waals surface area contributed by atoms with Crippen LogP contribution in [0.15, 0.2) is 108 Å². The van der Waals surface area contributed by atoms with Crippen LogP contribution in [0.25, 0.3) is 22.0 Å². The Bertz CT molecular complexity index is 1680. The summed E-state index contributed by atoms with van der Waals surface area (Å²) in [6.45, 7) is 0. The van der Waals surface area contributed by atoms with E-state index in [0.717, 1.165) is 40.2 Å². The molecule has 0 aliphatic rings. The Morgan fingerprint density at radius 1 is 0.730 bits per heavy atom. The number of rotatable bonds is 6. The molecule has 0 saturated carbocycles. The quantitative estimate of drug-likeness (QED) is 0.256. The summed E-state index contributed by atoms with van der Waals surface area (Å²) in [5, 5.41) is 5.28. The van der Waals surface area contributed by atoms with Crippen LogP contribution >= 0.6 is 0 Å². The lowest BCUT2D eigenvalue weighted by molar-refractivity contribution is -0.139. The first-order valence-electron chi connectivity index (χ1n) is 11.1. The Kier molecular flexibility index (Phi) is 6.26. The van der Waals surface area contributed by atoms with Crippen LogP contribution in [0.4, 0.5) is 30.4 Å². The first-order chi connectivity index (χ1) is 17.7. The lowest BCUT2D eigenvalue weighted by Crippen LogP contribution is -2.18. The number of sulfonamides is 1. The Morgan fingerprint density at radius 3 is 2.19 bits per heavy atom. The number of anilines is 3. The van der Waals surface area contributed by atoms with E-state index in [0.29, 0.717) is 11.5 Å². The summed E-state index contributed by atoms with van der Waals surface area (Å²) in [6, 6.07) is 25.8. The van der Waals surface area contributed by atoms with Crippen LogP contribution in [0.3, 0.4) is 0 Å². The van der Waals surface area contributed by atoms with E-state index in [2.05, 4.69) is 20.0 Å². The first-order valence-corrected chi connectivity index (χ1v) is 12.6. The van der Waals surface area contributed by atoms with Gasteiger partial charge in [-0.05, 0) is 47.2 Å². The molecule has 0 radical (unpaired) electrons. The van der Waals surface area contributed by atoms with Gasteiger partial charge in [-0.1, -0.05) is 54.6 Å². The maximum atomic E-state index is 13.3. The molecule has 10 heteroatoms. The van der Waals surface area contributed by atoms with Crippen molar-refractivity contribution < 1.29 is 21.6 Å². The van der Waals surface area contributed by atoms with Crippen molar-refractivity contribution in [1.29, 1.82) is 0 Å². The van der Waals surface area contributed by atoms with Crippen molar-refractivity contribution in [2.24, 2.45) is 0 Å². The standard InChI is InChI=1S/C27H19F3N4O2S/c28-27(29,30)23-10-3-4-11-25(23)37(35,36)34-20-14-12-19(13-15-20)33-26-16-24(31-17-32-26)22-9-5-7-18-6-1-2-8-21(18)22/h1-17,34H,(H,31,32,33). The molecule has 0 spiro atoms. The summed E-state index contributed by atoms with van der Waals surface area (Å²) in [7, 11) is -4.46. The minimum atomic E-state index is -4.80. The minimum Gasteiger partial charge on any atom is -0.340 e. The Morgan fingerprint density at radius 2 is 1.41 bits per heavy atom. The molecule has 0 bridgehead atoms. The van der Waals surface area contributed by atoms with Gasteiger partial charge in [-0.3, -0.25) is 4.72 Å². The van der Waals surface area contributed by atoms with E-state index in [1.54, 1.807) is 18.2 Å². The molecule has 6 nitrogen and oxygen atoms in total. The predicted molar refractivity (Wildman–Crippen MR) is 137 cm³/mol. The van der Waals surface area contributed by atoms with Crippen molar-refractivity contribution in [1.82, 2.24) is 9.97 Å². The van der Waals surface area contributed by atoms with E-state index in [9.17, 15) is 21.6 Å². The van der Waals surface area contributed by atoms with Gasteiger partial charge in [0, 0.05) is 23.0 Å². The van der Waals surface area contributed by atoms with Crippen molar-refractivity contribution in [2.75, 3.05) is 10.0 Å². The van der Waals surface area contributed by atoms with E-state index in [1.807, 2.05) is 42.5 Å². The number of halogens is 3. The van der Waals surface area contributed by atoms with Crippen LogP contribution in [-0.2, 0) is 16.2 Å². The van der Waals surface area contributed by atoms with Gasteiger partial charge in [0.2, 0.25) is 0 Å². The molecule has 0 saturated heterocycles. The summed E-state index contributed by atoms with van der Waals surface area (Å²) in [6.07, 6.45) is -3.36. The third-order valence-electron chi connectivity index (χ3n) is 5.62. The zero-order valence-electron chi connectivity index (χ0n) is 19.1. The summed E-state index contributed by atoms with van der Waals surface area (Å²) in [5.41, 5.74) is 1.16. The average molecular weight is 521 g/mol. The van der Waals surface area contributed by atoms with E-state index < -0.39 is 26.7 Å². The zero-order chi connectivity index (χ0) is 26.0. The molecule has 0 aliphatic heterocycles. The fourth-order valence-corrected chi connectivity index (χ4v) is 5.22. The number of hydrogen-bond donors (Lipinski definition) is 2. The van der Waals surface area contributed by atoms with Crippen molar-refractivity contribution >= 4 is 38.0 Å². The van der Waals surface area contributed by atoms with Gasteiger partial charge in [0.25, 0.3) is 10.0 Å². The number of nitrogens with zero attached hydrogens (tertiary/aromatic N) is 2. The summed E-state index contributed by atoms with van der Waals surface area (Å²) in [5.74, 6) is 0.519. The number of benzene rings is 4. The molecule has 5 rings (SSSR count). The van der Waals surface area contributed by atoms with Gasteiger partial charge in [-0.15, -0.1) is 0 Å². The van der Waals surface area contributed by atoms with Crippen LogP contribution in [0.5, 0.6) is 0 Å². The number of nitrogens with one attached hydrogen (secondary N) is 2. The summed E-state index contributed by atoms with van der Waals surface area (Å²) in [4.78, 5) is 7.81. The van der Waals surface area contributed by atoms with E-state index in [4.69, 9.17) is 0 Å². The minimum absolute atomic E-state index is 0.113. The first kappa shape index (κ1) is 24.3. The molecular weight excluding hydrogens is 501 g/mol. The van der Waals surface area contributed by atoms with E-state index >= 15 is 0 Å². The largest absolute Gasteiger partial charge is 0.417 e. The smallest absolute Gasteiger partial charge is 0.340 e. The molecule has 2 N–H and O–H groups in total. The van der Waals surface area contributed by atoms with Crippen LogP contribution in [0, 0.1) is 0 Å². The van der Waals surface area contributed by atoms with E-state index in [1.165, 1.54) is 24.5 Å². The van der Waals surface area contributed by atoms with Gasteiger partial charge in [0.05, 0.1) is 16.2 Å². The Hall–Kier alpha value is -4.44. The van der Waals surface area contributed by atoms with Gasteiger partial charge in [-0.2, -0.15) is 13.2 Å². The molecule has 186 valence electrons. The molecule has 0 fully saturated rings. The Labute approximate surface area is 210 Å². The normalized spacial score (nSPS) is 11.9. The van der Waals surface area contributed by atoms with Gasteiger partial charge >= 0.3 is 6.18 Å². The molecule has 5 aromatic rings. The van der Waals surface area contributed by atoms with Gasteiger partial charge in [-0.25, -0.2) is 18.4 Å². The predicted octanol–water partition coefficient (Wildman–Crippen LogP) is 6.86. The number of hydrogen-bond acceptors (Lipinski definition) is 5. The van der Waals surface area contributed by atoms with Crippen molar-refractivity contribution in [3.8, 4) is 11.3 Å². The van der Waals surface area contributed by atoms with E-state index in [-0.39, 0.29) is 5.69 Å². The van der Waals surface area contributed by atoms with Crippen molar-refractivity contribution in [3.63, 3.8) is 0 Å². The third kappa shape index (κ3) is 5.24. The lowest BCUT2D eigenvalue weighted by Gasteiger charge is -2.14. The summed E-state index contributed by atoms with van der Waals surface area (Å²) >= 11 is 0. The molecule has 1 aromatic heterocycles. The molecule has 37 heavy (non-hydrogen) atoms. The summed E-state index contributed by atoms with van der Waals surface area (Å²) < 4.78 is 67.4. The van der Waals surface area contributed by atoms with Gasteiger partial charge in [0.1, 0.15) is 12.1 Å². The van der Waals surface area contributed by atoms with Crippen molar-refractivity contribution in [2.45, 2.75) is 11.1 Å². The molecule has 4 aromatic carbocycles. The SMILES string of the molecule is O=S(=O)(Nc1ccc(Nc2cc(-c3cccc4ccccc34)ncn2)cc1)c1ccccc1C(F)(F)F. The molecule has 0 atom stereocenters. The number of aromatic nitrogens is 2. The van der Waals surface area contributed by atoms with Crippen molar-refractivity contribution in [3.05, 3.63) is 109 Å².